The first-order valence-corrected chi connectivity index (χ1v) is 5.85. The van der Waals surface area contributed by atoms with Gasteiger partial charge >= 0.3 is 0 Å². The van der Waals surface area contributed by atoms with E-state index in [1.54, 1.807) is 6.26 Å². The van der Waals surface area contributed by atoms with Gasteiger partial charge in [-0.1, -0.05) is 12.8 Å². The lowest BCUT2D eigenvalue weighted by Gasteiger charge is -2.28. The second-order valence-electron chi connectivity index (χ2n) is 4.42. The molecule has 3 heteroatoms. The summed E-state index contributed by atoms with van der Waals surface area (Å²) in [5, 5.41) is 3.41. The summed E-state index contributed by atoms with van der Waals surface area (Å²) in [6.45, 7) is 1.83. The molecule has 2 unspecified atom stereocenters. The molecule has 2 rings (SSSR count). The number of nitrogens with two attached hydrogens (primary N) is 1. The summed E-state index contributed by atoms with van der Waals surface area (Å²) in [6, 6.07) is 4.31. The third kappa shape index (κ3) is 3.08. The molecule has 3 N–H and O–H groups in total. The summed E-state index contributed by atoms with van der Waals surface area (Å²) < 4.78 is 5.26. The van der Waals surface area contributed by atoms with Crippen molar-refractivity contribution in [3.05, 3.63) is 24.2 Å². The monoisotopic (exact) mass is 208 g/mol. The Hall–Kier alpha value is -0.800. The molecule has 1 heterocycles. The zero-order valence-electron chi connectivity index (χ0n) is 9.11. The van der Waals surface area contributed by atoms with Crippen LogP contribution in [-0.4, -0.2) is 12.6 Å². The molecule has 15 heavy (non-hydrogen) atoms. The van der Waals surface area contributed by atoms with E-state index in [9.17, 15) is 0 Å². The minimum Gasteiger partial charge on any atom is -0.468 e. The lowest BCUT2D eigenvalue weighted by molar-refractivity contribution is 0.293. The first kappa shape index (κ1) is 10.7. The molecule has 0 spiro atoms. The molecule has 1 aromatic heterocycles. The Balaban J connectivity index is 1.68. The summed E-state index contributed by atoms with van der Waals surface area (Å²) in [6.07, 6.45) is 6.80. The number of furan rings is 1. The van der Waals surface area contributed by atoms with E-state index in [2.05, 4.69) is 5.32 Å². The molecule has 0 amide bonds. The van der Waals surface area contributed by atoms with E-state index in [4.69, 9.17) is 10.2 Å². The molecule has 1 aliphatic carbocycles. The van der Waals surface area contributed by atoms with E-state index in [1.165, 1.54) is 25.7 Å². The second kappa shape index (κ2) is 5.33. The van der Waals surface area contributed by atoms with Gasteiger partial charge in [0, 0.05) is 6.04 Å². The van der Waals surface area contributed by atoms with E-state index in [1.807, 2.05) is 12.1 Å². The minimum atomic E-state index is 0.392. The molecule has 2 atom stereocenters. The van der Waals surface area contributed by atoms with Crippen molar-refractivity contribution < 1.29 is 4.42 Å². The Kier molecular flexibility index (Phi) is 3.80. The normalized spacial score (nSPS) is 26.7. The van der Waals surface area contributed by atoms with Gasteiger partial charge < -0.3 is 15.5 Å². The van der Waals surface area contributed by atoms with Crippen LogP contribution in [0.25, 0.3) is 0 Å². The molecule has 1 aromatic rings. The summed E-state index contributed by atoms with van der Waals surface area (Å²) >= 11 is 0. The number of hydrogen-bond acceptors (Lipinski definition) is 3. The fourth-order valence-corrected chi connectivity index (χ4v) is 2.28. The quantitative estimate of drug-likeness (QED) is 0.794. The molecule has 1 aliphatic rings. The highest BCUT2D eigenvalue weighted by Crippen LogP contribution is 2.22. The van der Waals surface area contributed by atoms with Crippen molar-refractivity contribution >= 4 is 0 Å². The molecule has 1 saturated carbocycles. The zero-order valence-corrected chi connectivity index (χ0v) is 9.11. The van der Waals surface area contributed by atoms with Crippen LogP contribution in [0.2, 0.25) is 0 Å². The molecular formula is C12H20N2O. The lowest BCUT2D eigenvalue weighted by atomic mass is 9.85. The van der Waals surface area contributed by atoms with Crippen LogP contribution in [0.3, 0.4) is 0 Å². The van der Waals surface area contributed by atoms with Crippen molar-refractivity contribution in [2.24, 2.45) is 11.7 Å². The molecule has 84 valence electrons. The molecular weight excluding hydrogens is 188 g/mol. The fourth-order valence-electron chi connectivity index (χ4n) is 2.28. The maximum atomic E-state index is 6.07. The van der Waals surface area contributed by atoms with Crippen LogP contribution >= 0.6 is 0 Å². The Morgan fingerprint density at radius 2 is 2.27 bits per heavy atom. The third-order valence-electron chi connectivity index (χ3n) is 3.25. The largest absolute Gasteiger partial charge is 0.468 e. The maximum Gasteiger partial charge on any atom is 0.117 e. The number of rotatable bonds is 4. The predicted molar refractivity (Wildman–Crippen MR) is 60.3 cm³/mol. The standard InChI is InChI=1S/C12H20N2O/c13-12-6-2-1-4-10(12)8-14-9-11-5-3-7-15-11/h3,5,7,10,12,14H,1-2,4,6,8-9,13H2. The van der Waals surface area contributed by atoms with Crippen LogP contribution < -0.4 is 11.1 Å². The van der Waals surface area contributed by atoms with Gasteiger partial charge in [0.15, 0.2) is 0 Å². The van der Waals surface area contributed by atoms with Crippen LogP contribution in [0.4, 0.5) is 0 Å². The summed E-state index contributed by atoms with van der Waals surface area (Å²) in [4.78, 5) is 0. The molecule has 0 aromatic carbocycles. The van der Waals surface area contributed by atoms with Gasteiger partial charge in [-0.05, 0) is 37.4 Å². The Labute approximate surface area is 91.0 Å². The van der Waals surface area contributed by atoms with Crippen LogP contribution in [0.15, 0.2) is 22.8 Å². The van der Waals surface area contributed by atoms with Crippen LogP contribution in [-0.2, 0) is 6.54 Å². The van der Waals surface area contributed by atoms with Crippen LogP contribution in [0, 0.1) is 5.92 Å². The highest BCUT2D eigenvalue weighted by Gasteiger charge is 2.20. The van der Waals surface area contributed by atoms with Crippen molar-refractivity contribution in [3.63, 3.8) is 0 Å². The lowest BCUT2D eigenvalue weighted by Crippen LogP contribution is -2.39. The molecule has 0 saturated heterocycles. The van der Waals surface area contributed by atoms with Crippen LogP contribution in [0.1, 0.15) is 31.4 Å². The van der Waals surface area contributed by atoms with Gasteiger partial charge in [-0.2, -0.15) is 0 Å². The predicted octanol–water partition coefficient (Wildman–Crippen LogP) is 1.89. The first-order chi connectivity index (χ1) is 7.36. The SMILES string of the molecule is NC1CCCCC1CNCc1ccco1. The van der Waals surface area contributed by atoms with E-state index >= 15 is 0 Å². The van der Waals surface area contributed by atoms with Gasteiger partial charge in [0.2, 0.25) is 0 Å². The molecule has 0 aliphatic heterocycles. The average Bonchev–Trinajstić information content (AvgIpc) is 2.74. The molecule has 0 radical (unpaired) electrons. The molecule has 1 fully saturated rings. The Morgan fingerprint density at radius 1 is 1.40 bits per heavy atom. The highest BCUT2D eigenvalue weighted by atomic mass is 16.3. The van der Waals surface area contributed by atoms with Gasteiger partial charge in [-0.3, -0.25) is 0 Å². The van der Waals surface area contributed by atoms with E-state index in [-0.39, 0.29) is 0 Å². The van der Waals surface area contributed by atoms with Crippen molar-refractivity contribution in [2.75, 3.05) is 6.54 Å². The zero-order chi connectivity index (χ0) is 10.5. The maximum absolute atomic E-state index is 6.07. The van der Waals surface area contributed by atoms with Crippen LogP contribution in [0.5, 0.6) is 0 Å². The van der Waals surface area contributed by atoms with Crippen molar-refractivity contribution in [1.82, 2.24) is 5.32 Å². The second-order valence-corrected chi connectivity index (χ2v) is 4.42. The fraction of sp³-hybridized carbons (Fsp3) is 0.667. The molecule has 3 nitrogen and oxygen atoms in total. The first-order valence-electron chi connectivity index (χ1n) is 5.85. The van der Waals surface area contributed by atoms with Gasteiger partial charge in [-0.25, -0.2) is 0 Å². The summed E-state index contributed by atoms with van der Waals surface area (Å²) in [7, 11) is 0. The molecule has 0 bridgehead atoms. The highest BCUT2D eigenvalue weighted by molar-refractivity contribution is 4.97. The topological polar surface area (TPSA) is 51.2 Å². The van der Waals surface area contributed by atoms with E-state index < -0.39 is 0 Å². The van der Waals surface area contributed by atoms with E-state index in [0.29, 0.717) is 12.0 Å². The van der Waals surface area contributed by atoms with E-state index in [0.717, 1.165) is 18.8 Å². The summed E-state index contributed by atoms with van der Waals surface area (Å²) in [5.74, 6) is 1.65. The van der Waals surface area contributed by atoms with Gasteiger partial charge in [-0.15, -0.1) is 0 Å². The minimum absolute atomic E-state index is 0.392. The van der Waals surface area contributed by atoms with Crippen molar-refractivity contribution in [1.29, 1.82) is 0 Å². The van der Waals surface area contributed by atoms with Crippen molar-refractivity contribution in [3.8, 4) is 0 Å². The number of nitrogens with one attached hydrogen (secondary N) is 1. The average molecular weight is 208 g/mol. The van der Waals surface area contributed by atoms with Gasteiger partial charge in [0.1, 0.15) is 5.76 Å². The third-order valence-corrected chi connectivity index (χ3v) is 3.25. The smallest absolute Gasteiger partial charge is 0.117 e. The van der Waals surface area contributed by atoms with Gasteiger partial charge in [0.25, 0.3) is 0 Å². The van der Waals surface area contributed by atoms with Crippen molar-refractivity contribution in [2.45, 2.75) is 38.3 Å². The Bertz CT molecular complexity index is 271. The van der Waals surface area contributed by atoms with Gasteiger partial charge in [0.05, 0.1) is 12.8 Å². The Morgan fingerprint density at radius 3 is 3.00 bits per heavy atom. The summed E-state index contributed by atoms with van der Waals surface area (Å²) in [5.41, 5.74) is 6.07. The number of hydrogen-bond donors (Lipinski definition) is 2.